The van der Waals surface area contributed by atoms with Gasteiger partial charge >= 0.3 is 5.97 Å². The zero-order valence-electron chi connectivity index (χ0n) is 9.87. The Labute approximate surface area is 103 Å². The van der Waals surface area contributed by atoms with E-state index in [1.165, 1.54) is 11.8 Å². The second-order valence-corrected chi connectivity index (χ2v) is 3.93. The fourth-order valence-corrected chi connectivity index (χ4v) is 1.93. The van der Waals surface area contributed by atoms with Gasteiger partial charge in [-0.25, -0.2) is 4.68 Å². The number of nitroso groups, excluding NO2 is 1. The molecule has 0 aliphatic rings. The van der Waals surface area contributed by atoms with E-state index in [2.05, 4.69) is 10.0 Å². The molecule has 2 rings (SSSR count). The van der Waals surface area contributed by atoms with E-state index in [0.717, 1.165) is 10.9 Å². The van der Waals surface area contributed by atoms with Crippen LogP contribution in [0.4, 0.5) is 0 Å². The minimum absolute atomic E-state index is 0.301. The van der Waals surface area contributed by atoms with Gasteiger partial charge in [0.25, 0.3) is 0 Å². The number of ether oxygens (including phenoxy) is 1. The van der Waals surface area contributed by atoms with Crippen LogP contribution >= 0.6 is 0 Å². The number of para-hydroxylation sites is 1. The number of nitrogens with two attached hydrogens (primary N) is 1. The molecule has 0 bridgehead atoms. The minimum atomic E-state index is -0.749. The van der Waals surface area contributed by atoms with Crippen LogP contribution in [0.1, 0.15) is 5.56 Å². The predicted octanol–water partition coefficient (Wildman–Crippen LogP) is 1.21. The highest BCUT2D eigenvalue weighted by Crippen LogP contribution is 2.22. The molecular formula is C12H13N3O3. The maximum absolute atomic E-state index is 11.3. The van der Waals surface area contributed by atoms with Gasteiger partial charge in [0.2, 0.25) is 0 Å². The van der Waals surface area contributed by atoms with Gasteiger partial charge in [-0.2, -0.15) is 0 Å². The van der Waals surface area contributed by atoms with Gasteiger partial charge in [0.05, 0.1) is 17.9 Å². The van der Waals surface area contributed by atoms with Crippen molar-refractivity contribution in [1.82, 2.24) is 4.68 Å². The topological polar surface area (TPSA) is 86.7 Å². The van der Waals surface area contributed by atoms with Crippen LogP contribution in [0.2, 0.25) is 0 Å². The lowest BCUT2D eigenvalue weighted by Gasteiger charge is -2.07. The predicted molar refractivity (Wildman–Crippen MR) is 66.8 cm³/mol. The maximum Gasteiger partial charge on any atom is 0.322 e. The van der Waals surface area contributed by atoms with Crippen LogP contribution in [-0.2, 0) is 16.0 Å². The van der Waals surface area contributed by atoms with Crippen molar-refractivity contribution in [3.05, 3.63) is 40.9 Å². The van der Waals surface area contributed by atoms with E-state index in [-0.39, 0.29) is 0 Å². The Morgan fingerprint density at radius 1 is 1.50 bits per heavy atom. The normalized spacial score (nSPS) is 12.3. The molecule has 0 saturated heterocycles. The van der Waals surface area contributed by atoms with Crippen molar-refractivity contribution in [1.29, 1.82) is 0 Å². The fraction of sp³-hybridized carbons (Fsp3) is 0.250. The number of carbonyl (C=O) groups is 1. The number of hydrogen-bond donors (Lipinski definition) is 1. The summed E-state index contributed by atoms with van der Waals surface area (Å²) in [6.07, 6.45) is 1.89. The van der Waals surface area contributed by atoms with E-state index >= 15 is 0 Å². The summed E-state index contributed by atoms with van der Waals surface area (Å²) in [6, 6.07) is 6.56. The van der Waals surface area contributed by atoms with Crippen molar-refractivity contribution < 1.29 is 9.53 Å². The highest BCUT2D eigenvalue weighted by molar-refractivity contribution is 5.85. The van der Waals surface area contributed by atoms with E-state index in [1.807, 2.05) is 18.2 Å². The molecule has 2 aromatic rings. The average Bonchev–Trinajstić information content (AvgIpc) is 2.76. The standard InChI is InChI=1S/C12H13N3O3/c1-18-12(16)10(13)6-8-7-15(14-17)11-5-3-2-4-9(8)11/h2-5,7,10H,6,13H2,1H3/t10-/m1/s1. The molecule has 0 radical (unpaired) electrons. The third kappa shape index (κ3) is 2.10. The van der Waals surface area contributed by atoms with Gasteiger partial charge < -0.3 is 10.5 Å². The van der Waals surface area contributed by atoms with E-state index in [4.69, 9.17) is 5.73 Å². The first-order valence-corrected chi connectivity index (χ1v) is 5.43. The third-order valence-electron chi connectivity index (χ3n) is 2.81. The number of fused-ring (bicyclic) bond motifs is 1. The first-order valence-electron chi connectivity index (χ1n) is 5.43. The average molecular weight is 247 g/mol. The Morgan fingerprint density at radius 2 is 2.22 bits per heavy atom. The number of hydrogen-bond acceptors (Lipinski definition) is 5. The van der Waals surface area contributed by atoms with Gasteiger partial charge in [-0.1, -0.05) is 18.2 Å². The smallest absolute Gasteiger partial charge is 0.322 e. The van der Waals surface area contributed by atoms with Gasteiger partial charge in [0, 0.05) is 18.0 Å². The van der Waals surface area contributed by atoms with Crippen LogP contribution < -0.4 is 5.73 Å². The number of esters is 1. The van der Waals surface area contributed by atoms with Crippen molar-refractivity contribution in [3.8, 4) is 0 Å². The summed E-state index contributed by atoms with van der Waals surface area (Å²) in [5, 5.41) is 3.76. The van der Waals surface area contributed by atoms with Gasteiger partial charge in [-0.05, 0) is 11.6 Å². The molecule has 0 aliphatic heterocycles. The van der Waals surface area contributed by atoms with Gasteiger partial charge in [0.15, 0.2) is 0 Å². The Kier molecular flexibility index (Phi) is 3.38. The number of nitrogens with zero attached hydrogens (tertiary/aromatic N) is 2. The first kappa shape index (κ1) is 12.3. The molecule has 0 fully saturated rings. The van der Waals surface area contributed by atoms with Crippen molar-refractivity contribution >= 4 is 16.9 Å². The van der Waals surface area contributed by atoms with Crippen LogP contribution in [0.3, 0.4) is 0 Å². The van der Waals surface area contributed by atoms with Crippen molar-refractivity contribution in [2.75, 3.05) is 7.11 Å². The molecule has 18 heavy (non-hydrogen) atoms. The van der Waals surface area contributed by atoms with Gasteiger partial charge in [-0.3, -0.25) is 4.79 Å². The van der Waals surface area contributed by atoms with E-state index in [1.54, 1.807) is 12.3 Å². The molecule has 1 heterocycles. The molecule has 2 N–H and O–H groups in total. The fourth-order valence-electron chi connectivity index (χ4n) is 1.93. The SMILES string of the molecule is COC(=O)[C@H](N)Cc1cn(N=O)c2ccccc12. The molecule has 0 amide bonds. The summed E-state index contributed by atoms with van der Waals surface area (Å²) in [7, 11) is 1.29. The van der Waals surface area contributed by atoms with Crippen LogP contribution in [0.25, 0.3) is 10.9 Å². The van der Waals surface area contributed by atoms with Crippen molar-refractivity contribution in [2.24, 2.45) is 11.0 Å². The summed E-state index contributed by atoms with van der Waals surface area (Å²) in [6.45, 7) is 0. The molecule has 0 aliphatic carbocycles. The van der Waals surface area contributed by atoms with Gasteiger partial charge in [-0.15, -0.1) is 4.91 Å². The number of methoxy groups -OCH3 is 1. The summed E-state index contributed by atoms with van der Waals surface area (Å²) in [5.74, 6) is -0.481. The number of rotatable bonds is 4. The number of carbonyl (C=O) groups excluding carboxylic acids is 1. The lowest BCUT2D eigenvalue weighted by atomic mass is 10.1. The quantitative estimate of drug-likeness (QED) is 0.650. The Hall–Kier alpha value is -2.21. The second kappa shape index (κ2) is 4.97. The summed E-state index contributed by atoms with van der Waals surface area (Å²) in [5.41, 5.74) is 7.20. The Bertz CT molecular complexity index is 591. The molecule has 0 unspecified atom stereocenters. The van der Waals surface area contributed by atoms with Crippen LogP contribution in [0.5, 0.6) is 0 Å². The van der Waals surface area contributed by atoms with Crippen molar-refractivity contribution in [3.63, 3.8) is 0 Å². The zero-order valence-corrected chi connectivity index (χ0v) is 9.87. The van der Waals surface area contributed by atoms with Crippen LogP contribution in [0.15, 0.2) is 35.7 Å². The Balaban J connectivity index is 2.39. The summed E-state index contributed by atoms with van der Waals surface area (Å²) >= 11 is 0. The second-order valence-electron chi connectivity index (χ2n) is 3.93. The largest absolute Gasteiger partial charge is 0.468 e. The van der Waals surface area contributed by atoms with Crippen molar-refractivity contribution in [2.45, 2.75) is 12.5 Å². The Morgan fingerprint density at radius 3 is 2.89 bits per heavy atom. The molecule has 94 valence electrons. The molecule has 1 aromatic carbocycles. The zero-order chi connectivity index (χ0) is 13.1. The molecule has 6 nitrogen and oxygen atoms in total. The highest BCUT2D eigenvalue weighted by atomic mass is 16.5. The number of aromatic nitrogens is 1. The van der Waals surface area contributed by atoms with E-state index in [9.17, 15) is 9.70 Å². The van der Waals surface area contributed by atoms with Crippen LogP contribution in [0, 0.1) is 4.91 Å². The monoisotopic (exact) mass is 247 g/mol. The van der Waals surface area contributed by atoms with Gasteiger partial charge in [0.1, 0.15) is 6.04 Å². The molecule has 0 spiro atoms. The lowest BCUT2D eigenvalue weighted by Crippen LogP contribution is -2.33. The summed E-state index contributed by atoms with van der Waals surface area (Å²) in [4.78, 5) is 22.0. The highest BCUT2D eigenvalue weighted by Gasteiger charge is 2.17. The first-order chi connectivity index (χ1) is 8.67. The third-order valence-corrected chi connectivity index (χ3v) is 2.81. The molecular weight excluding hydrogens is 234 g/mol. The lowest BCUT2D eigenvalue weighted by molar-refractivity contribution is -0.142. The summed E-state index contributed by atoms with van der Waals surface area (Å²) < 4.78 is 5.80. The van der Waals surface area contributed by atoms with Crippen LogP contribution in [-0.4, -0.2) is 23.8 Å². The van der Waals surface area contributed by atoms with E-state index in [0.29, 0.717) is 11.9 Å². The van der Waals surface area contributed by atoms with E-state index < -0.39 is 12.0 Å². The molecule has 6 heteroatoms. The molecule has 1 atom stereocenters. The molecule has 0 saturated carbocycles. The number of benzene rings is 1. The maximum atomic E-state index is 11.3. The minimum Gasteiger partial charge on any atom is -0.468 e. The molecule has 1 aromatic heterocycles.